The molecule has 5 nitrogen and oxygen atoms in total. The number of aromatic hydroxyl groups is 3. The van der Waals surface area contributed by atoms with Crippen molar-refractivity contribution < 1.29 is 20.1 Å². The Hall–Kier alpha value is -4.12. The first-order valence-corrected chi connectivity index (χ1v) is 11.6. The molecule has 0 radical (unpaired) electrons. The van der Waals surface area contributed by atoms with Gasteiger partial charge in [-0.25, -0.2) is 0 Å². The summed E-state index contributed by atoms with van der Waals surface area (Å²) in [5, 5.41) is 30.9. The van der Waals surface area contributed by atoms with Crippen LogP contribution in [0.25, 0.3) is 0 Å². The van der Waals surface area contributed by atoms with E-state index in [1.165, 1.54) is 0 Å². The molecule has 0 aliphatic carbocycles. The van der Waals surface area contributed by atoms with Crippen LogP contribution in [0.15, 0.2) is 60.7 Å². The van der Waals surface area contributed by atoms with E-state index in [2.05, 4.69) is 4.90 Å². The molecule has 35 heavy (non-hydrogen) atoms. The fourth-order valence-electron chi connectivity index (χ4n) is 4.27. The van der Waals surface area contributed by atoms with Crippen LogP contribution in [-0.2, 0) is 0 Å². The number of phenolic OH excluding ortho intramolecular Hbond substituents is 3. The van der Waals surface area contributed by atoms with Gasteiger partial charge in [0.15, 0.2) is 5.75 Å². The lowest BCUT2D eigenvalue weighted by Crippen LogP contribution is -2.14. The molecule has 0 aromatic heterocycles. The highest BCUT2D eigenvalue weighted by atomic mass is 16.5. The summed E-state index contributed by atoms with van der Waals surface area (Å²) < 4.78 is 6.46. The lowest BCUT2D eigenvalue weighted by Gasteiger charge is -2.31. The van der Waals surface area contributed by atoms with E-state index in [0.717, 1.165) is 44.9 Å². The fourth-order valence-corrected chi connectivity index (χ4v) is 4.27. The summed E-state index contributed by atoms with van der Waals surface area (Å²) in [6.45, 7) is 11.5. The van der Waals surface area contributed by atoms with Crippen LogP contribution in [-0.4, -0.2) is 15.3 Å². The lowest BCUT2D eigenvalue weighted by molar-refractivity contribution is 0.446. The number of hydrogen-bond donors (Lipinski definition) is 3. The van der Waals surface area contributed by atoms with Crippen molar-refractivity contribution in [2.45, 2.75) is 41.5 Å². The van der Waals surface area contributed by atoms with Crippen molar-refractivity contribution in [1.29, 1.82) is 0 Å². The Labute approximate surface area is 206 Å². The van der Waals surface area contributed by atoms with Gasteiger partial charge in [-0.2, -0.15) is 0 Å². The van der Waals surface area contributed by atoms with Gasteiger partial charge in [0, 0.05) is 16.9 Å². The molecule has 0 saturated carbocycles. The van der Waals surface area contributed by atoms with Gasteiger partial charge in [0.25, 0.3) is 0 Å². The maximum atomic E-state index is 10.3. The Kier molecular flexibility index (Phi) is 6.35. The van der Waals surface area contributed by atoms with Gasteiger partial charge in [0.05, 0.1) is 5.69 Å². The molecule has 0 bridgehead atoms. The Balaban J connectivity index is 1.99. The van der Waals surface area contributed by atoms with Gasteiger partial charge in [-0.1, -0.05) is 18.2 Å². The van der Waals surface area contributed by atoms with Gasteiger partial charge in [0.2, 0.25) is 0 Å². The maximum absolute atomic E-state index is 10.3. The first-order chi connectivity index (χ1) is 16.6. The average Bonchev–Trinajstić information content (AvgIpc) is 2.84. The zero-order valence-corrected chi connectivity index (χ0v) is 21.0. The molecule has 0 fully saturated rings. The number of hydrogen-bond acceptors (Lipinski definition) is 5. The maximum Gasteiger partial charge on any atom is 0.151 e. The molecule has 180 valence electrons. The van der Waals surface area contributed by atoms with Gasteiger partial charge in [-0.3, -0.25) is 0 Å². The molecule has 0 unspecified atom stereocenters. The minimum Gasteiger partial charge on any atom is -0.508 e. The molecule has 0 aliphatic rings. The molecule has 0 aliphatic heterocycles. The van der Waals surface area contributed by atoms with Crippen LogP contribution >= 0.6 is 0 Å². The minimum atomic E-state index is 0.176. The van der Waals surface area contributed by atoms with E-state index in [4.69, 9.17) is 4.74 Å². The molecular formula is C30H31NO4. The predicted octanol–water partition coefficient (Wildman–Crippen LogP) is 7.92. The lowest BCUT2D eigenvalue weighted by atomic mass is 10.0. The van der Waals surface area contributed by atoms with E-state index < -0.39 is 0 Å². The first kappa shape index (κ1) is 24.0. The molecule has 0 amide bonds. The van der Waals surface area contributed by atoms with Gasteiger partial charge in [-0.05, 0) is 112 Å². The van der Waals surface area contributed by atoms with Crippen LogP contribution in [0, 0.1) is 41.5 Å². The fraction of sp³-hybridized carbons (Fsp3) is 0.200. The van der Waals surface area contributed by atoms with Crippen molar-refractivity contribution in [3.05, 3.63) is 94.0 Å². The number of aryl methyl sites for hydroxylation is 1. The van der Waals surface area contributed by atoms with E-state index in [1.807, 2.05) is 84.0 Å². The number of nitrogens with zero attached hydrogens (tertiary/aromatic N) is 1. The van der Waals surface area contributed by atoms with Crippen molar-refractivity contribution in [3.8, 4) is 28.7 Å². The van der Waals surface area contributed by atoms with E-state index in [-0.39, 0.29) is 17.2 Å². The van der Waals surface area contributed by atoms with Gasteiger partial charge in [0.1, 0.15) is 23.0 Å². The zero-order valence-electron chi connectivity index (χ0n) is 21.0. The van der Waals surface area contributed by atoms with Crippen molar-refractivity contribution in [2.75, 3.05) is 4.90 Å². The SMILES string of the molecule is Cc1ccc(O)c(C)c1Oc1ccccc1N(c1ccc(O)c(C)c1C)c1ccc(O)c(C)c1C. The third kappa shape index (κ3) is 4.26. The van der Waals surface area contributed by atoms with Crippen molar-refractivity contribution in [1.82, 2.24) is 0 Å². The summed E-state index contributed by atoms with van der Waals surface area (Å²) in [6.07, 6.45) is 0. The Bertz CT molecular complexity index is 1370. The molecule has 0 spiro atoms. The minimum absolute atomic E-state index is 0.176. The number of anilines is 3. The topological polar surface area (TPSA) is 73.2 Å². The van der Waals surface area contributed by atoms with Crippen LogP contribution in [0.3, 0.4) is 0 Å². The smallest absolute Gasteiger partial charge is 0.151 e. The third-order valence-corrected chi connectivity index (χ3v) is 6.83. The van der Waals surface area contributed by atoms with E-state index in [9.17, 15) is 15.3 Å². The number of para-hydroxylation sites is 2. The summed E-state index contributed by atoms with van der Waals surface area (Å²) in [5.41, 5.74) is 7.56. The van der Waals surface area contributed by atoms with E-state index in [0.29, 0.717) is 17.1 Å². The average molecular weight is 470 g/mol. The van der Waals surface area contributed by atoms with Crippen molar-refractivity contribution in [3.63, 3.8) is 0 Å². The highest BCUT2D eigenvalue weighted by Crippen LogP contribution is 2.47. The van der Waals surface area contributed by atoms with Crippen LogP contribution in [0.2, 0.25) is 0 Å². The Morgan fingerprint density at radius 2 is 1.00 bits per heavy atom. The molecule has 3 N–H and O–H groups in total. The third-order valence-electron chi connectivity index (χ3n) is 6.83. The van der Waals surface area contributed by atoms with E-state index in [1.54, 1.807) is 18.2 Å². The summed E-state index contributed by atoms with van der Waals surface area (Å²) in [6, 6.07) is 18.4. The molecule has 4 aromatic carbocycles. The molecule has 4 rings (SSSR count). The quantitative estimate of drug-likeness (QED) is 0.277. The number of ether oxygens (including phenoxy) is 1. The van der Waals surface area contributed by atoms with Gasteiger partial charge < -0.3 is 25.0 Å². The van der Waals surface area contributed by atoms with E-state index >= 15 is 0 Å². The second-order valence-corrected chi connectivity index (χ2v) is 8.97. The molecule has 0 saturated heterocycles. The second kappa shape index (κ2) is 9.26. The van der Waals surface area contributed by atoms with Crippen LogP contribution < -0.4 is 9.64 Å². The normalized spacial score (nSPS) is 10.9. The molecule has 0 atom stereocenters. The highest BCUT2D eigenvalue weighted by molar-refractivity contribution is 5.85. The Morgan fingerprint density at radius 1 is 0.514 bits per heavy atom. The van der Waals surface area contributed by atoms with Crippen LogP contribution in [0.4, 0.5) is 17.1 Å². The molecule has 4 aromatic rings. The summed E-state index contributed by atoms with van der Waals surface area (Å²) in [7, 11) is 0. The predicted molar refractivity (Wildman–Crippen MR) is 141 cm³/mol. The van der Waals surface area contributed by atoms with Crippen molar-refractivity contribution >= 4 is 17.1 Å². The first-order valence-electron chi connectivity index (χ1n) is 11.6. The van der Waals surface area contributed by atoms with Crippen LogP contribution in [0.1, 0.15) is 33.4 Å². The highest BCUT2D eigenvalue weighted by Gasteiger charge is 2.23. The molecular weight excluding hydrogens is 438 g/mol. The number of rotatable bonds is 5. The Morgan fingerprint density at radius 3 is 1.57 bits per heavy atom. The summed E-state index contributed by atoms with van der Waals surface area (Å²) >= 11 is 0. The largest absolute Gasteiger partial charge is 0.508 e. The second-order valence-electron chi connectivity index (χ2n) is 8.97. The molecule has 5 heteroatoms. The van der Waals surface area contributed by atoms with Crippen molar-refractivity contribution in [2.24, 2.45) is 0 Å². The molecule has 0 heterocycles. The number of benzene rings is 4. The number of phenols is 3. The van der Waals surface area contributed by atoms with Crippen LogP contribution in [0.5, 0.6) is 28.7 Å². The standard InChI is InChI=1S/C30H31NO4/c1-17-11-14-28(34)22(6)30(17)35-29-10-8-7-9-25(29)31(23-12-15-26(32)20(4)18(23)2)24-13-16-27(33)21(5)19(24)3/h7-16,32-34H,1-6H3. The van der Waals surface area contributed by atoms with Gasteiger partial charge in [-0.15, -0.1) is 0 Å². The monoisotopic (exact) mass is 469 g/mol. The summed E-state index contributed by atoms with van der Waals surface area (Å²) in [4.78, 5) is 2.09. The zero-order chi connectivity index (χ0) is 25.4. The summed E-state index contributed by atoms with van der Waals surface area (Å²) in [5.74, 6) is 1.87. The van der Waals surface area contributed by atoms with Gasteiger partial charge >= 0.3 is 0 Å².